The van der Waals surface area contributed by atoms with E-state index in [1.807, 2.05) is 0 Å². The summed E-state index contributed by atoms with van der Waals surface area (Å²) in [5.41, 5.74) is 0.380. The van der Waals surface area contributed by atoms with Crippen LogP contribution < -0.4 is 15.8 Å². The number of anilines is 1. The van der Waals surface area contributed by atoms with Gasteiger partial charge in [0.15, 0.2) is 0 Å². The number of nitrogens with two attached hydrogens (primary N) is 1. The highest BCUT2D eigenvalue weighted by Gasteiger charge is 2.09. The first-order chi connectivity index (χ1) is 8.93. The van der Waals surface area contributed by atoms with Crippen LogP contribution in [0.2, 0.25) is 0 Å². The summed E-state index contributed by atoms with van der Waals surface area (Å²) >= 11 is 0. The molecule has 19 heavy (non-hydrogen) atoms. The number of primary sulfonamides is 1. The smallest absolute Gasteiger partial charge is 0.238 e. The van der Waals surface area contributed by atoms with Crippen LogP contribution in [0.5, 0.6) is 0 Å². The van der Waals surface area contributed by atoms with Gasteiger partial charge >= 0.3 is 0 Å². The first-order valence-corrected chi connectivity index (χ1v) is 7.10. The van der Waals surface area contributed by atoms with E-state index in [-0.39, 0.29) is 17.3 Å². The summed E-state index contributed by atoms with van der Waals surface area (Å²) in [5.74, 6) is -0.275. The monoisotopic (exact) mass is 287 g/mol. The molecule has 0 spiro atoms. The van der Waals surface area contributed by atoms with Crippen molar-refractivity contribution in [3.05, 3.63) is 24.3 Å². The van der Waals surface area contributed by atoms with Gasteiger partial charge in [0.1, 0.15) is 0 Å². The molecule has 106 valence electrons. The van der Waals surface area contributed by atoms with Crippen molar-refractivity contribution in [2.45, 2.75) is 4.90 Å². The Labute approximate surface area is 112 Å². The molecule has 0 aliphatic heterocycles. The van der Waals surface area contributed by atoms with Crippen molar-refractivity contribution >= 4 is 21.6 Å². The maximum atomic E-state index is 11.5. The average molecular weight is 287 g/mol. The highest BCUT2D eigenvalue weighted by molar-refractivity contribution is 7.89. The Hall–Kier alpha value is -1.48. The summed E-state index contributed by atoms with van der Waals surface area (Å²) < 4.78 is 27.1. The Morgan fingerprint density at radius 1 is 1.42 bits per heavy atom. The predicted molar refractivity (Wildman–Crippen MR) is 71.2 cm³/mol. The highest BCUT2D eigenvalue weighted by Crippen LogP contribution is 2.13. The van der Waals surface area contributed by atoms with E-state index in [9.17, 15) is 13.2 Å². The first kappa shape index (κ1) is 15.6. The van der Waals surface area contributed by atoms with Crippen molar-refractivity contribution < 1.29 is 17.9 Å². The van der Waals surface area contributed by atoms with Gasteiger partial charge in [0.2, 0.25) is 15.9 Å². The van der Waals surface area contributed by atoms with E-state index < -0.39 is 10.0 Å². The number of amides is 1. The Kier molecular flexibility index (Phi) is 5.90. The van der Waals surface area contributed by atoms with E-state index in [2.05, 4.69) is 10.6 Å². The molecule has 0 saturated carbocycles. The molecule has 1 amide bonds. The third-order valence-electron chi connectivity index (χ3n) is 2.21. The van der Waals surface area contributed by atoms with Crippen LogP contribution in [0.25, 0.3) is 0 Å². The molecule has 0 saturated heterocycles. The van der Waals surface area contributed by atoms with Gasteiger partial charge in [-0.1, -0.05) is 6.07 Å². The maximum Gasteiger partial charge on any atom is 0.238 e. The quantitative estimate of drug-likeness (QED) is 0.586. The lowest BCUT2D eigenvalue weighted by atomic mass is 10.3. The molecule has 1 rings (SSSR count). The van der Waals surface area contributed by atoms with Crippen molar-refractivity contribution in [1.29, 1.82) is 0 Å². The fourth-order valence-corrected chi connectivity index (χ4v) is 1.89. The number of ether oxygens (including phenoxy) is 1. The Balaban J connectivity index is 2.55. The number of hydrogen-bond acceptors (Lipinski definition) is 5. The topological polar surface area (TPSA) is 111 Å². The zero-order valence-corrected chi connectivity index (χ0v) is 11.4. The number of nitrogens with one attached hydrogen (secondary N) is 2. The lowest BCUT2D eigenvalue weighted by Gasteiger charge is -2.07. The lowest BCUT2D eigenvalue weighted by Crippen LogP contribution is -2.30. The van der Waals surface area contributed by atoms with Crippen LogP contribution in [0.1, 0.15) is 0 Å². The van der Waals surface area contributed by atoms with Gasteiger partial charge in [-0.05, 0) is 18.2 Å². The second-order valence-electron chi connectivity index (χ2n) is 3.79. The Morgan fingerprint density at radius 3 is 2.79 bits per heavy atom. The van der Waals surface area contributed by atoms with E-state index in [0.717, 1.165) is 0 Å². The van der Waals surface area contributed by atoms with Crippen LogP contribution in [0, 0.1) is 0 Å². The molecular formula is C11H17N3O4S. The van der Waals surface area contributed by atoms with Crippen LogP contribution >= 0.6 is 0 Å². The van der Waals surface area contributed by atoms with Gasteiger partial charge in [-0.3, -0.25) is 4.79 Å². The van der Waals surface area contributed by atoms with Gasteiger partial charge in [-0.15, -0.1) is 0 Å². The normalized spacial score (nSPS) is 11.3. The molecule has 0 radical (unpaired) electrons. The number of sulfonamides is 1. The molecule has 1 aromatic carbocycles. The molecule has 1 aromatic rings. The SMILES string of the molecule is COCCNCC(=O)Nc1cccc(S(N)(=O)=O)c1. The lowest BCUT2D eigenvalue weighted by molar-refractivity contribution is -0.115. The highest BCUT2D eigenvalue weighted by atomic mass is 32.2. The van der Waals surface area contributed by atoms with Crippen molar-refractivity contribution in [3.63, 3.8) is 0 Å². The van der Waals surface area contributed by atoms with Crippen LogP contribution in [0.4, 0.5) is 5.69 Å². The summed E-state index contributed by atoms with van der Waals surface area (Å²) in [7, 11) is -2.20. The third kappa shape index (κ3) is 5.79. The van der Waals surface area contributed by atoms with Crippen LogP contribution in [0.3, 0.4) is 0 Å². The molecule has 8 heteroatoms. The molecule has 0 aromatic heterocycles. The van der Waals surface area contributed by atoms with Crippen molar-refractivity contribution in [2.75, 3.05) is 32.1 Å². The largest absolute Gasteiger partial charge is 0.383 e. The zero-order valence-electron chi connectivity index (χ0n) is 10.5. The minimum Gasteiger partial charge on any atom is -0.383 e. The van der Waals surface area contributed by atoms with Crippen LogP contribution in [0.15, 0.2) is 29.2 Å². The third-order valence-corrected chi connectivity index (χ3v) is 3.13. The number of carbonyl (C=O) groups excluding carboxylic acids is 1. The number of methoxy groups -OCH3 is 1. The molecule has 7 nitrogen and oxygen atoms in total. The van der Waals surface area contributed by atoms with Crippen molar-refractivity contribution in [1.82, 2.24) is 5.32 Å². The van der Waals surface area contributed by atoms with E-state index in [1.165, 1.54) is 18.2 Å². The standard InChI is InChI=1S/C11H17N3O4S/c1-18-6-5-13-8-11(15)14-9-3-2-4-10(7-9)19(12,16)17/h2-4,7,13H,5-6,8H2,1H3,(H,14,15)(H2,12,16,17). The van der Waals surface area contributed by atoms with Gasteiger partial charge in [0, 0.05) is 19.3 Å². The van der Waals surface area contributed by atoms with Gasteiger partial charge < -0.3 is 15.4 Å². The number of carbonyl (C=O) groups is 1. The zero-order chi connectivity index (χ0) is 14.3. The number of hydrogen-bond donors (Lipinski definition) is 3. The molecule has 0 fully saturated rings. The molecule has 0 aliphatic rings. The maximum absolute atomic E-state index is 11.5. The number of benzene rings is 1. The van der Waals surface area contributed by atoms with E-state index >= 15 is 0 Å². The summed E-state index contributed by atoms with van der Waals surface area (Å²) in [6.07, 6.45) is 0. The minimum absolute atomic E-state index is 0.0438. The molecule has 0 unspecified atom stereocenters. The van der Waals surface area contributed by atoms with Crippen molar-refractivity contribution in [2.24, 2.45) is 5.14 Å². The molecule has 0 aliphatic carbocycles. The molecule has 0 bridgehead atoms. The van der Waals surface area contributed by atoms with Gasteiger partial charge in [-0.25, -0.2) is 13.6 Å². The predicted octanol–water partition coefficient (Wildman–Crippen LogP) is -0.491. The number of rotatable bonds is 7. The second-order valence-corrected chi connectivity index (χ2v) is 5.35. The van der Waals surface area contributed by atoms with Gasteiger partial charge in [0.05, 0.1) is 18.0 Å². The first-order valence-electron chi connectivity index (χ1n) is 5.56. The second kappa shape index (κ2) is 7.19. The fourth-order valence-electron chi connectivity index (χ4n) is 1.33. The van der Waals surface area contributed by atoms with Gasteiger partial charge in [-0.2, -0.15) is 0 Å². The van der Waals surface area contributed by atoms with Crippen LogP contribution in [-0.2, 0) is 19.6 Å². The molecule has 0 heterocycles. The molecular weight excluding hydrogens is 270 g/mol. The summed E-state index contributed by atoms with van der Waals surface area (Å²) in [6.45, 7) is 1.18. The average Bonchev–Trinajstić information content (AvgIpc) is 2.34. The molecule has 4 N–H and O–H groups in total. The summed E-state index contributed by atoms with van der Waals surface area (Å²) in [6, 6.07) is 5.76. The van der Waals surface area contributed by atoms with E-state index in [1.54, 1.807) is 13.2 Å². The van der Waals surface area contributed by atoms with E-state index in [4.69, 9.17) is 9.88 Å². The summed E-state index contributed by atoms with van der Waals surface area (Å²) in [5, 5.41) is 10.4. The Bertz CT molecular complexity index is 530. The van der Waals surface area contributed by atoms with E-state index in [0.29, 0.717) is 18.8 Å². The van der Waals surface area contributed by atoms with Crippen molar-refractivity contribution in [3.8, 4) is 0 Å². The van der Waals surface area contributed by atoms with Crippen LogP contribution in [-0.4, -0.2) is 41.1 Å². The fraction of sp³-hybridized carbons (Fsp3) is 0.364. The summed E-state index contributed by atoms with van der Waals surface area (Å²) in [4.78, 5) is 11.5. The Morgan fingerprint density at radius 2 is 2.16 bits per heavy atom. The molecule has 0 atom stereocenters. The van der Waals surface area contributed by atoms with Gasteiger partial charge in [0.25, 0.3) is 0 Å². The minimum atomic E-state index is -3.77.